The van der Waals surface area contributed by atoms with Crippen molar-refractivity contribution in [1.29, 1.82) is 0 Å². The first-order valence-corrected chi connectivity index (χ1v) is 5.59. The van der Waals surface area contributed by atoms with Gasteiger partial charge in [-0.2, -0.15) is 0 Å². The number of unbranched alkanes of at least 4 members (excludes halogenated alkanes) is 2. The highest BCUT2D eigenvalue weighted by molar-refractivity contribution is 5.91. The standard InChI is InChI=1S/C14H16O3/c1-3-4-5-6-8-11-9-7-10-12(14(15)16)13(11)17-2/h7,9-10H,3-5H2,1-2H3,(H,15,16). The monoisotopic (exact) mass is 232 g/mol. The average Bonchev–Trinajstić information content (AvgIpc) is 2.34. The smallest absolute Gasteiger partial charge is 0.339 e. The van der Waals surface area contributed by atoms with E-state index in [2.05, 4.69) is 18.8 Å². The molecule has 1 aromatic rings. The Morgan fingerprint density at radius 3 is 2.82 bits per heavy atom. The molecule has 0 radical (unpaired) electrons. The second-order valence-electron chi connectivity index (χ2n) is 3.60. The minimum atomic E-state index is -1.00. The molecule has 3 heteroatoms. The fourth-order valence-corrected chi connectivity index (χ4v) is 1.45. The number of para-hydroxylation sites is 1. The number of hydrogen-bond donors (Lipinski definition) is 1. The Bertz CT molecular complexity index is 452. The Morgan fingerprint density at radius 1 is 1.47 bits per heavy atom. The Balaban J connectivity index is 3.02. The molecule has 0 atom stereocenters. The van der Waals surface area contributed by atoms with Crippen molar-refractivity contribution in [3.63, 3.8) is 0 Å². The van der Waals surface area contributed by atoms with Crippen LogP contribution in [0, 0.1) is 11.8 Å². The lowest BCUT2D eigenvalue weighted by Crippen LogP contribution is -2.01. The summed E-state index contributed by atoms with van der Waals surface area (Å²) in [5.41, 5.74) is 0.776. The van der Waals surface area contributed by atoms with Gasteiger partial charge in [-0.25, -0.2) is 4.79 Å². The number of hydrogen-bond acceptors (Lipinski definition) is 2. The Morgan fingerprint density at radius 2 is 2.24 bits per heavy atom. The fraction of sp³-hybridized carbons (Fsp3) is 0.357. The molecule has 0 spiro atoms. The zero-order valence-electron chi connectivity index (χ0n) is 10.1. The minimum Gasteiger partial charge on any atom is -0.495 e. The van der Waals surface area contributed by atoms with E-state index in [4.69, 9.17) is 9.84 Å². The van der Waals surface area contributed by atoms with Crippen LogP contribution in [0.3, 0.4) is 0 Å². The maximum atomic E-state index is 11.0. The Hall–Kier alpha value is -1.95. The van der Waals surface area contributed by atoms with Crippen molar-refractivity contribution in [2.45, 2.75) is 26.2 Å². The number of rotatable bonds is 4. The van der Waals surface area contributed by atoms with Crippen molar-refractivity contribution in [2.24, 2.45) is 0 Å². The summed E-state index contributed by atoms with van der Waals surface area (Å²) in [6.45, 7) is 2.10. The molecule has 1 N–H and O–H groups in total. The molecule has 0 heterocycles. The van der Waals surface area contributed by atoms with Gasteiger partial charge in [-0.15, -0.1) is 0 Å². The Kier molecular flexibility index (Phi) is 5.09. The van der Waals surface area contributed by atoms with Crippen LogP contribution in [0.1, 0.15) is 42.1 Å². The number of methoxy groups -OCH3 is 1. The van der Waals surface area contributed by atoms with E-state index in [1.165, 1.54) is 13.2 Å². The summed E-state index contributed by atoms with van der Waals surface area (Å²) in [6, 6.07) is 4.96. The molecule has 0 aliphatic rings. The highest BCUT2D eigenvalue weighted by Crippen LogP contribution is 2.22. The number of benzene rings is 1. The lowest BCUT2D eigenvalue weighted by Gasteiger charge is -2.06. The lowest BCUT2D eigenvalue weighted by atomic mass is 10.1. The molecule has 0 saturated heterocycles. The predicted molar refractivity (Wildman–Crippen MR) is 66.4 cm³/mol. The topological polar surface area (TPSA) is 46.5 Å². The first-order chi connectivity index (χ1) is 8.20. The van der Waals surface area contributed by atoms with Crippen molar-refractivity contribution < 1.29 is 14.6 Å². The molecule has 0 unspecified atom stereocenters. The van der Waals surface area contributed by atoms with Crippen molar-refractivity contribution in [3.8, 4) is 17.6 Å². The zero-order valence-corrected chi connectivity index (χ0v) is 10.1. The number of carboxylic acids is 1. The second-order valence-corrected chi connectivity index (χ2v) is 3.60. The second kappa shape index (κ2) is 6.59. The molecule has 17 heavy (non-hydrogen) atoms. The third-order valence-corrected chi connectivity index (χ3v) is 2.33. The van der Waals surface area contributed by atoms with E-state index in [9.17, 15) is 4.79 Å². The third kappa shape index (κ3) is 3.53. The van der Waals surface area contributed by atoms with Crippen molar-refractivity contribution in [3.05, 3.63) is 29.3 Å². The van der Waals surface area contributed by atoms with E-state index in [0.717, 1.165) is 19.3 Å². The first kappa shape index (κ1) is 13.1. The summed E-state index contributed by atoms with van der Waals surface area (Å²) >= 11 is 0. The Labute approximate surface area is 101 Å². The van der Waals surface area contributed by atoms with Gasteiger partial charge in [0.25, 0.3) is 0 Å². The van der Waals surface area contributed by atoms with E-state index < -0.39 is 5.97 Å². The van der Waals surface area contributed by atoms with Crippen LogP contribution in [0.25, 0.3) is 0 Å². The summed E-state index contributed by atoms with van der Waals surface area (Å²) in [5.74, 6) is 5.31. The van der Waals surface area contributed by atoms with Crippen molar-refractivity contribution in [2.75, 3.05) is 7.11 Å². The number of carbonyl (C=O) groups is 1. The molecule has 0 saturated carbocycles. The highest BCUT2D eigenvalue weighted by atomic mass is 16.5. The molecule has 0 aliphatic carbocycles. The van der Waals surface area contributed by atoms with Crippen molar-refractivity contribution >= 4 is 5.97 Å². The van der Waals surface area contributed by atoms with E-state index in [0.29, 0.717) is 11.3 Å². The largest absolute Gasteiger partial charge is 0.495 e. The molecule has 0 aliphatic heterocycles. The molecule has 0 bridgehead atoms. The van der Waals surface area contributed by atoms with Gasteiger partial charge in [0, 0.05) is 6.42 Å². The molecule has 3 nitrogen and oxygen atoms in total. The molecular formula is C14H16O3. The third-order valence-electron chi connectivity index (χ3n) is 2.33. The molecule has 1 aromatic carbocycles. The number of carboxylic acid groups (broad SMARTS) is 1. The van der Waals surface area contributed by atoms with Crippen LogP contribution in [0.5, 0.6) is 5.75 Å². The van der Waals surface area contributed by atoms with Gasteiger partial charge in [0.2, 0.25) is 0 Å². The summed E-state index contributed by atoms with van der Waals surface area (Å²) in [5, 5.41) is 9.00. The van der Waals surface area contributed by atoms with Gasteiger partial charge in [-0.1, -0.05) is 31.3 Å². The predicted octanol–water partition coefficient (Wildman–Crippen LogP) is 2.94. The average molecular weight is 232 g/mol. The SMILES string of the molecule is CCCCC#Cc1cccc(C(=O)O)c1OC. The highest BCUT2D eigenvalue weighted by Gasteiger charge is 2.12. The lowest BCUT2D eigenvalue weighted by molar-refractivity contribution is 0.0693. The number of aromatic carboxylic acids is 1. The van der Waals surface area contributed by atoms with E-state index in [1.807, 2.05) is 0 Å². The molecule has 0 amide bonds. The summed E-state index contributed by atoms with van der Waals surface area (Å²) in [6.07, 6.45) is 2.96. The fourth-order valence-electron chi connectivity index (χ4n) is 1.45. The zero-order chi connectivity index (χ0) is 12.7. The molecule has 1 rings (SSSR count). The van der Waals surface area contributed by atoms with Gasteiger partial charge in [-0.05, 0) is 18.6 Å². The van der Waals surface area contributed by atoms with Crippen LogP contribution in [0.4, 0.5) is 0 Å². The first-order valence-electron chi connectivity index (χ1n) is 5.59. The van der Waals surface area contributed by atoms with Gasteiger partial charge in [-0.3, -0.25) is 0 Å². The maximum Gasteiger partial charge on any atom is 0.339 e. The van der Waals surface area contributed by atoms with Crippen LogP contribution in [-0.2, 0) is 0 Å². The molecule has 0 aromatic heterocycles. The number of ether oxygens (including phenoxy) is 1. The summed E-state index contributed by atoms with van der Waals surface area (Å²) in [4.78, 5) is 11.0. The van der Waals surface area contributed by atoms with Gasteiger partial charge in [0.15, 0.2) is 0 Å². The summed E-state index contributed by atoms with van der Waals surface area (Å²) < 4.78 is 5.11. The molecular weight excluding hydrogens is 216 g/mol. The van der Waals surface area contributed by atoms with Crippen LogP contribution in [-0.4, -0.2) is 18.2 Å². The van der Waals surface area contributed by atoms with Crippen LogP contribution < -0.4 is 4.74 Å². The molecule has 90 valence electrons. The van der Waals surface area contributed by atoms with Gasteiger partial charge < -0.3 is 9.84 Å². The normalized spacial score (nSPS) is 9.29. The van der Waals surface area contributed by atoms with Crippen LogP contribution in [0.15, 0.2) is 18.2 Å². The van der Waals surface area contributed by atoms with Crippen LogP contribution >= 0.6 is 0 Å². The quantitative estimate of drug-likeness (QED) is 0.641. The van der Waals surface area contributed by atoms with Gasteiger partial charge >= 0.3 is 5.97 Å². The minimum absolute atomic E-state index is 0.148. The van der Waals surface area contributed by atoms with E-state index >= 15 is 0 Å². The van der Waals surface area contributed by atoms with E-state index in [-0.39, 0.29) is 5.56 Å². The van der Waals surface area contributed by atoms with Crippen LogP contribution in [0.2, 0.25) is 0 Å². The molecule has 0 fully saturated rings. The summed E-state index contributed by atoms with van der Waals surface area (Å²) in [7, 11) is 1.46. The van der Waals surface area contributed by atoms with E-state index in [1.54, 1.807) is 12.1 Å². The van der Waals surface area contributed by atoms with Gasteiger partial charge in [0.05, 0.1) is 12.7 Å². The van der Waals surface area contributed by atoms with Gasteiger partial charge in [0.1, 0.15) is 11.3 Å². The maximum absolute atomic E-state index is 11.0. The van der Waals surface area contributed by atoms with Crippen molar-refractivity contribution in [1.82, 2.24) is 0 Å².